The third-order valence-corrected chi connectivity index (χ3v) is 5.52. The van der Waals surface area contributed by atoms with Crippen LogP contribution in [0.15, 0.2) is 60.7 Å². The second-order valence-corrected chi connectivity index (χ2v) is 8.10. The molecule has 0 heterocycles. The molecule has 4 aromatic carbocycles. The van der Waals surface area contributed by atoms with Gasteiger partial charge in [0.1, 0.15) is 17.5 Å². The zero-order valence-corrected chi connectivity index (χ0v) is 18.4. The van der Waals surface area contributed by atoms with E-state index in [9.17, 15) is 30.7 Å². The Kier molecular flexibility index (Phi) is 6.74. The van der Waals surface area contributed by atoms with Gasteiger partial charge >= 0.3 is 6.18 Å². The summed E-state index contributed by atoms with van der Waals surface area (Å²) in [5.41, 5.74) is 0.671. The molecular formula is C27H19F7O. The van der Waals surface area contributed by atoms with E-state index in [0.717, 1.165) is 18.6 Å². The Morgan fingerprint density at radius 2 is 1.43 bits per heavy atom. The van der Waals surface area contributed by atoms with Crippen molar-refractivity contribution in [2.24, 2.45) is 0 Å². The van der Waals surface area contributed by atoms with Gasteiger partial charge in [0.15, 0.2) is 18.2 Å². The van der Waals surface area contributed by atoms with E-state index < -0.39 is 41.8 Å². The second-order valence-electron chi connectivity index (χ2n) is 8.10. The Bertz CT molecular complexity index is 1370. The fourth-order valence-electron chi connectivity index (χ4n) is 3.95. The molecule has 4 aromatic rings. The minimum Gasteiger partial charge on any atom is -0.481 e. The Balaban J connectivity index is 1.67. The lowest BCUT2D eigenvalue weighted by Gasteiger charge is -2.13. The smallest absolute Gasteiger partial charge is 0.422 e. The lowest BCUT2D eigenvalue weighted by atomic mass is 9.96. The van der Waals surface area contributed by atoms with E-state index in [1.165, 1.54) is 48.5 Å². The molecule has 0 N–H and O–H groups in total. The third-order valence-electron chi connectivity index (χ3n) is 5.52. The van der Waals surface area contributed by atoms with E-state index in [4.69, 9.17) is 0 Å². The van der Waals surface area contributed by atoms with Crippen molar-refractivity contribution in [2.75, 3.05) is 6.61 Å². The van der Waals surface area contributed by atoms with Crippen LogP contribution >= 0.6 is 0 Å². The summed E-state index contributed by atoms with van der Waals surface area (Å²) in [4.78, 5) is 0. The van der Waals surface area contributed by atoms with Crippen molar-refractivity contribution in [1.29, 1.82) is 0 Å². The van der Waals surface area contributed by atoms with Crippen LogP contribution in [0.5, 0.6) is 5.75 Å². The van der Waals surface area contributed by atoms with Crippen molar-refractivity contribution in [3.8, 4) is 28.0 Å². The Hall–Kier alpha value is -3.55. The van der Waals surface area contributed by atoms with Gasteiger partial charge in [0, 0.05) is 10.9 Å². The number of benzene rings is 4. The van der Waals surface area contributed by atoms with E-state index in [2.05, 4.69) is 4.74 Å². The van der Waals surface area contributed by atoms with Crippen LogP contribution in [-0.2, 0) is 6.42 Å². The molecule has 0 aliphatic heterocycles. The molecule has 4 rings (SSSR count). The molecule has 0 saturated heterocycles. The maximum absolute atomic E-state index is 15.0. The molecule has 0 unspecified atom stereocenters. The summed E-state index contributed by atoms with van der Waals surface area (Å²) in [5.74, 6) is -3.83. The molecular weight excluding hydrogens is 473 g/mol. The molecule has 0 bridgehead atoms. The molecule has 0 aliphatic carbocycles. The fraction of sp³-hybridized carbons (Fsp3) is 0.185. The van der Waals surface area contributed by atoms with Gasteiger partial charge in [-0.05, 0) is 58.8 Å². The number of aryl methyl sites for hydroxylation is 1. The molecule has 0 spiro atoms. The van der Waals surface area contributed by atoms with Crippen LogP contribution in [0.3, 0.4) is 0 Å². The first-order valence-electron chi connectivity index (χ1n) is 10.8. The van der Waals surface area contributed by atoms with Crippen molar-refractivity contribution >= 4 is 10.8 Å². The molecule has 1 nitrogen and oxygen atoms in total. The third kappa shape index (κ3) is 5.26. The predicted octanol–water partition coefficient (Wildman–Crippen LogP) is 8.62. The zero-order valence-electron chi connectivity index (χ0n) is 18.4. The predicted molar refractivity (Wildman–Crippen MR) is 120 cm³/mol. The number of hydrogen-bond acceptors (Lipinski definition) is 1. The van der Waals surface area contributed by atoms with E-state index in [-0.39, 0.29) is 22.1 Å². The molecule has 0 radical (unpaired) electrons. The molecule has 0 aliphatic rings. The van der Waals surface area contributed by atoms with Gasteiger partial charge in [-0.3, -0.25) is 0 Å². The molecule has 0 saturated carbocycles. The van der Waals surface area contributed by atoms with Crippen LogP contribution in [0, 0.1) is 23.3 Å². The van der Waals surface area contributed by atoms with Crippen molar-refractivity contribution in [3.63, 3.8) is 0 Å². The van der Waals surface area contributed by atoms with Crippen molar-refractivity contribution in [1.82, 2.24) is 0 Å². The number of fused-ring (bicyclic) bond motifs is 1. The standard InChI is InChI=1S/C27H19F7O/c1-2-3-15-10-22(29)25(23(30)11-15)18-5-7-19(21(28)13-18)16-4-8-20-17(12-16)6-9-24(26(20)31)35-14-27(32,33)34/h4-13H,2-3,14H2,1H3. The fourth-order valence-corrected chi connectivity index (χ4v) is 3.95. The van der Waals surface area contributed by atoms with Crippen LogP contribution in [0.2, 0.25) is 0 Å². The van der Waals surface area contributed by atoms with Crippen LogP contribution in [0.25, 0.3) is 33.0 Å². The van der Waals surface area contributed by atoms with Crippen molar-refractivity contribution in [2.45, 2.75) is 25.9 Å². The van der Waals surface area contributed by atoms with Gasteiger partial charge in [-0.2, -0.15) is 13.2 Å². The van der Waals surface area contributed by atoms with Crippen LogP contribution < -0.4 is 4.74 Å². The summed E-state index contributed by atoms with van der Waals surface area (Å²) < 4.78 is 100. The summed E-state index contributed by atoms with van der Waals surface area (Å²) in [6.07, 6.45) is -3.38. The minimum absolute atomic E-state index is 0.00163. The molecule has 0 atom stereocenters. The normalized spacial score (nSPS) is 11.8. The summed E-state index contributed by atoms with van der Waals surface area (Å²) in [6, 6.07) is 12.8. The first-order valence-corrected chi connectivity index (χ1v) is 10.8. The van der Waals surface area contributed by atoms with Crippen LogP contribution in [0.1, 0.15) is 18.9 Å². The van der Waals surface area contributed by atoms with Crippen LogP contribution in [-0.4, -0.2) is 12.8 Å². The number of alkyl halides is 3. The maximum Gasteiger partial charge on any atom is 0.422 e. The van der Waals surface area contributed by atoms with E-state index in [0.29, 0.717) is 22.9 Å². The van der Waals surface area contributed by atoms with Gasteiger partial charge in [-0.25, -0.2) is 17.6 Å². The molecule has 182 valence electrons. The molecule has 0 amide bonds. The van der Waals surface area contributed by atoms with Gasteiger partial charge in [0.2, 0.25) is 0 Å². The van der Waals surface area contributed by atoms with Gasteiger partial charge in [-0.1, -0.05) is 43.7 Å². The van der Waals surface area contributed by atoms with Crippen LogP contribution in [0.4, 0.5) is 30.7 Å². The van der Waals surface area contributed by atoms with Crippen molar-refractivity contribution in [3.05, 3.63) is 89.5 Å². The summed E-state index contributed by atoms with van der Waals surface area (Å²) in [5, 5.41) is 0.313. The summed E-state index contributed by atoms with van der Waals surface area (Å²) in [7, 11) is 0. The topological polar surface area (TPSA) is 9.23 Å². The van der Waals surface area contributed by atoms with Gasteiger partial charge in [0.25, 0.3) is 0 Å². The summed E-state index contributed by atoms with van der Waals surface area (Å²) >= 11 is 0. The SMILES string of the molecule is CCCc1cc(F)c(-c2ccc(-c3ccc4c(F)c(OCC(F)(F)F)ccc4c3)c(F)c2)c(F)c1. The number of ether oxygens (including phenoxy) is 1. The molecule has 0 aromatic heterocycles. The molecule has 0 fully saturated rings. The highest BCUT2D eigenvalue weighted by atomic mass is 19.4. The molecule has 8 heteroatoms. The van der Waals surface area contributed by atoms with E-state index >= 15 is 0 Å². The van der Waals surface area contributed by atoms with E-state index in [1.807, 2.05) is 6.92 Å². The minimum atomic E-state index is -4.61. The average Bonchev–Trinajstić information content (AvgIpc) is 2.78. The average molecular weight is 492 g/mol. The van der Waals surface area contributed by atoms with Crippen molar-refractivity contribution < 1.29 is 35.5 Å². The monoisotopic (exact) mass is 492 g/mol. The zero-order chi connectivity index (χ0) is 25.3. The lowest BCUT2D eigenvalue weighted by Crippen LogP contribution is -2.19. The Morgan fingerprint density at radius 1 is 0.743 bits per heavy atom. The quantitative estimate of drug-likeness (QED) is 0.245. The number of halogens is 7. The Morgan fingerprint density at radius 3 is 2.06 bits per heavy atom. The number of hydrogen-bond donors (Lipinski definition) is 0. The number of rotatable bonds is 6. The summed E-state index contributed by atoms with van der Waals surface area (Å²) in [6.45, 7) is 0.257. The highest BCUT2D eigenvalue weighted by Gasteiger charge is 2.29. The lowest BCUT2D eigenvalue weighted by molar-refractivity contribution is -0.153. The largest absolute Gasteiger partial charge is 0.481 e. The maximum atomic E-state index is 15.0. The highest BCUT2D eigenvalue weighted by Crippen LogP contribution is 2.35. The first-order chi connectivity index (χ1) is 16.6. The van der Waals surface area contributed by atoms with Gasteiger partial charge < -0.3 is 4.74 Å². The van der Waals surface area contributed by atoms with Gasteiger partial charge in [0.05, 0.1) is 5.56 Å². The van der Waals surface area contributed by atoms with E-state index in [1.54, 1.807) is 0 Å². The second kappa shape index (κ2) is 9.60. The first kappa shape index (κ1) is 24.6. The Labute approximate surface area is 196 Å². The van der Waals surface area contributed by atoms with Gasteiger partial charge in [-0.15, -0.1) is 0 Å². The highest BCUT2D eigenvalue weighted by molar-refractivity contribution is 5.89. The molecule has 35 heavy (non-hydrogen) atoms.